The second kappa shape index (κ2) is 7.94. The average molecular weight is 285 g/mol. The zero-order chi connectivity index (χ0) is 15.1. The van der Waals surface area contributed by atoms with E-state index in [1.807, 2.05) is 12.1 Å². The van der Waals surface area contributed by atoms with Crippen LogP contribution in [0.5, 0.6) is 0 Å². The molecule has 0 spiro atoms. The Morgan fingerprint density at radius 3 is 2.29 bits per heavy atom. The van der Waals surface area contributed by atoms with E-state index in [1.54, 1.807) is 6.07 Å². The van der Waals surface area contributed by atoms with Gasteiger partial charge in [-0.1, -0.05) is 50.6 Å². The van der Waals surface area contributed by atoms with E-state index < -0.39 is 0 Å². The van der Waals surface area contributed by atoms with Gasteiger partial charge >= 0.3 is 0 Å². The Balaban J connectivity index is 2.17. The van der Waals surface area contributed by atoms with Gasteiger partial charge in [0.25, 0.3) is 0 Å². The number of hydrogen-bond acceptors (Lipinski definition) is 1. The Kier molecular flexibility index (Phi) is 5.94. The number of rotatable bonds is 7. The molecule has 0 aliphatic carbocycles. The van der Waals surface area contributed by atoms with Crippen molar-refractivity contribution in [2.24, 2.45) is 0 Å². The molecule has 0 unspecified atom stereocenters. The van der Waals surface area contributed by atoms with Crippen molar-refractivity contribution in [1.82, 2.24) is 5.32 Å². The Labute approximate surface area is 127 Å². The number of hydrogen-bond donors (Lipinski definition) is 1. The molecule has 0 heterocycles. The molecule has 1 N–H and O–H groups in total. The van der Waals surface area contributed by atoms with E-state index in [9.17, 15) is 4.39 Å². The van der Waals surface area contributed by atoms with Crippen molar-refractivity contribution in [3.63, 3.8) is 0 Å². The molecule has 2 aromatic rings. The van der Waals surface area contributed by atoms with Crippen LogP contribution >= 0.6 is 0 Å². The molecule has 2 rings (SSSR count). The van der Waals surface area contributed by atoms with Gasteiger partial charge in [0, 0.05) is 12.1 Å². The molecular weight excluding hydrogens is 261 g/mol. The standard InChI is InChI=1S/C19H24FN/c1-3-5-15-6-8-16(9-7-15)17-10-11-19(20)18(13-17)14-21-12-4-2/h6-11,13,21H,3-5,12,14H2,1-2H3. The van der Waals surface area contributed by atoms with Crippen LogP contribution in [0.25, 0.3) is 11.1 Å². The number of aryl methyl sites for hydroxylation is 1. The van der Waals surface area contributed by atoms with Gasteiger partial charge in [-0.3, -0.25) is 0 Å². The summed E-state index contributed by atoms with van der Waals surface area (Å²) in [6.45, 7) is 5.79. The molecule has 0 radical (unpaired) electrons. The van der Waals surface area contributed by atoms with Crippen LogP contribution in [0.15, 0.2) is 42.5 Å². The number of nitrogens with one attached hydrogen (secondary N) is 1. The quantitative estimate of drug-likeness (QED) is 0.710. The minimum atomic E-state index is -0.134. The van der Waals surface area contributed by atoms with Gasteiger partial charge in [-0.05, 0) is 48.2 Å². The van der Waals surface area contributed by atoms with Crippen LogP contribution in [0.3, 0.4) is 0 Å². The molecule has 0 saturated carbocycles. The van der Waals surface area contributed by atoms with Crippen LogP contribution in [0.2, 0.25) is 0 Å². The molecule has 0 aliphatic heterocycles. The summed E-state index contributed by atoms with van der Waals surface area (Å²) in [5, 5.41) is 3.26. The summed E-state index contributed by atoms with van der Waals surface area (Å²) in [5.74, 6) is -0.134. The molecular formula is C19H24FN. The van der Waals surface area contributed by atoms with Gasteiger partial charge in [-0.15, -0.1) is 0 Å². The van der Waals surface area contributed by atoms with Crippen LogP contribution in [-0.2, 0) is 13.0 Å². The second-order valence-electron chi connectivity index (χ2n) is 5.43. The maximum atomic E-state index is 13.8. The molecule has 0 atom stereocenters. The molecule has 0 saturated heterocycles. The Morgan fingerprint density at radius 1 is 0.905 bits per heavy atom. The highest BCUT2D eigenvalue weighted by Gasteiger charge is 2.05. The lowest BCUT2D eigenvalue weighted by Gasteiger charge is -2.09. The molecule has 2 aromatic carbocycles. The normalized spacial score (nSPS) is 10.8. The van der Waals surface area contributed by atoms with Gasteiger partial charge in [-0.25, -0.2) is 4.39 Å². The summed E-state index contributed by atoms with van der Waals surface area (Å²) in [6.07, 6.45) is 3.32. The maximum Gasteiger partial charge on any atom is 0.127 e. The van der Waals surface area contributed by atoms with Crippen molar-refractivity contribution in [2.75, 3.05) is 6.54 Å². The van der Waals surface area contributed by atoms with Crippen molar-refractivity contribution < 1.29 is 4.39 Å². The zero-order valence-corrected chi connectivity index (χ0v) is 13.0. The molecule has 0 aliphatic rings. The molecule has 0 amide bonds. The molecule has 1 nitrogen and oxygen atoms in total. The van der Waals surface area contributed by atoms with Gasteiger partial charge < -0.3 is 5.32 Å². The summed E-state index contributed by atoms with van der Waals surface area (Å²) >= 11 is 0. The first-order chi connectivity index (χ1) is 10.2. The van der Waals surface area contributed by atoms with Crippen molar-refractivity contribution in [3.8, 4) is 11.1 Å². The highest BCUT2D eigenvalue weighted by molar-refractivity contribution is 5.64. The fraction of sp³-hybridized carbons (Fsp3) is 0.368. The average Bonchev–Trinajstić information content (AvgIpc) is 2.51. The summed E-state index contributed by atoms with van der Waals surface area (Å²) in [5.41, 5.74) is 4.31. The van der Waals surface area contributed by atoms with Crippen LogP contribution in [0.1, 0.15) is 37.8 Å². The number of benzene rings is 2. The third-order valence-corrected chi connectivity index (χ3v) is 3.61. The lowest BCUT2D eigenvalue weighted by atomic mass is 10.0. The van der Waals surface area contributed by atoms with Crippen LogP contribution in [0.4, 0.5) is 4.39 Å². The van der Waals surface area contributed by atoms with Crippen molar-refractivity contribution in [3.05, 3.63) is 59.4 Å². The minimum absolute atomic E-state index is 0.134. The largest absolute Gasteiger partial charge is 0.313 e. The predicted octanol–water partition coefficient (Wildman–Crippen LogP) is 4.94. The highest BCUT2D eigenvalue weighted by atomic mass is 19.1. The third-order valence-electron chi connectivity index (χ3n) is 3.61. The topological polar surface area (TPSA) is 12.0 Å². The molecule has 0 aromatic heterocycles. The molecule has 21 heavy (non-hydrogen) atoms. The van der Waals surface area contributed by atoms with Crippen molar-refractivity contribution >= 4 is 0 Å². The van der Waals surface area contributed by atoms with Crippen LogP contribution < -0.4 is 5.32 Å². The van der Waals surface area contributed by atoms with Gasteiger partial charge in [0.15, 0.2) is 0 Å². The lowest BCUT2D eigenvalue weighted by Crippen LogP contribution is -2.14. The molecule has 2 heteroatoms. The fourth-order valence-corrected chi connectivity index (χ4v) is 2.44. The minimum Gasteiger partial charge on any atom is -0.313 e. The summed E-state index contributed by atoms with van der Waals surface area (Å²) in [4.78, 5) is 0. The van der Waals surface area contributed by atoms with Crippen molar-refractivity contribution in [2.45, 2.75) is 39.7 Å². The zero-order valence-electron chi connectivity index (χ0n) is 13.0. The van der Waals surface area contributed by atoms with E-state index in [1.165, 1.54) is 5.56 Å². The first-order valence-corrected chi connectivity index (χ1v) is 7.83. The SMILES string of the molecule is CCCNCc1cc(-c2ccc(CCC)cc2)ccc1F. The van der Waals surface area contributed by atoms with Gasteiger partial charge in [-0.2, -0.15) is 0 Å². The molecule has 0 fully saturated rings. The highest BCUT2D eigenvalue weighted by Crippen LogP contribution is 2.23. The van der Waals surface area contributed by atoms with E-state index in [0.29, 0.717) is 6.54 Å². The summed E-state index contributed by atoms with van der Waals surface area (Å²) in [7, 11) is 0. The van der Waals surface area contributed by atoms with Crippen molar-refractivity contribution in [1.29, 1.82) is 0 Å². The van der Waals surface area contributed by atoms with Gasteiger partial charge in [0.1, 0.15) is 5.82 Å². The Morgan fingerprint density at radius 2 is 1.62 bits per heavy atom. The first kappa shape index (κ1) is 15.7. The monoisotopic (exact) mass is 285 g/mol. The van der Waals surface area contributed by atoms with Crippen LogP contribution in [0, 0.1) is 5.82 Å². The summed E-state index contributed by atoms with van der Waals surface area (Å²) in [6, 6.07) is 14.0. The van der Waals surface area contributed by atoms with E-state index in [2.05, 4.69) is 43.4 Å². The second-order valence-corrected chi connectivity index (χ2v) is 5.43. The Bertz CT molecular complexity index is 560. The smallest absolute Gasteiger partial charge is 0.127 e. The third kappa shape index (κ3) is 4.40. The predicted molar refractivity (Wildman–Crippen MR) is 87.8 cm³/mol. The van der Waals surface area contributed by atoms with Gasteiger partial charge in [0.2, 0.25) is 0 Å². The molecule has 0 bridgehead atoms. The molecule has 112 valence electrons. The Hall–Kier alpha value is -1.67. The van der Waals surface area contributed by atoms with Crippen LogP contribution in [-0.4, -0.2) is 6.54 Å². The van der Waals surface area contributed by atoms with E-state index >= 15 is 0 Å². The first-order valence-electron chi connectivity index (χ1n) is 7.83. The van der Waals surface area contributed by atoms with E-state index in [0.717, 1.165) is 42.5 Å². The van der Waals surface area contributed by atoms with E-state index in [4.69, 9.17) is 0 Å². The van der Waals surface area contributed by atoms with Gasteiger partial charge in [0.05, 0.1) is 0 Å². The fourth-order valence-electron chi connectivity index (χ4n) is 2.44. The summed E-state index contributed by atoms with van der Waals surface area (Å²) < 4.78 is 13.8. The number of halogens is 1. The van der Waals surface area contributed by atoms with E-state index in [-0.39, 0.29) is 5.82 Å². The maximum absolute atomic E-state index is 13.8. The lowest BCUT2D eigenvalue weighted by molar-refractivity contribution is 0.587.